The van der Waals surface area contributed by atoms with Crippen LogP contribution in [-0.2, 0) is 4.74 Å². The fourth-order valence-corrected chi connectivity index (χ4v) is 18.1. The molecule has 17 heterocycles. The monoisotopic (exact) mass is 1740 g/mol. The Morgan fingerprint density at radius 3 is 1.16 bits per heavy atom. The number of aliphatic hydroxyl groups excluding tert-OH is 1. The molecule has 0 aliphatic carbocycles. The molecule has 10 N–H and O–H groups in total. The van der Waals surface area contributed by atoms with Crippen LogP contribution in [0.1, 0.15) is 74.5 Å². The molecule has 12 aromatic heterocycles. The predicted molar refractivity (Wildman–Crippen MR) is 507 cm³/mol. The van der Waals surface area contributed by atoms with Crippen molar-refractivity contribution >= 4 is 181 Å². The quantitative estimate of drug-likeness (QED) is 0.0551. The summed E-state index contributed by atoms with van der Waals surface area (Å²) in [6, 6.07) is 32.0. The lowest BCUT2D eigenvalue weighted by atomic mass is 10.1. The largest absolute Gasteiger partial charge is 0.396 e. The number of rotatable bonds is 14. The number of imidazole rings is 4. The summed E-state index contributed by atoms with van der Waals surface area (Å²) in [7, 11) is 16.7. The Bertz CT molecular complexity index is 7000. The van der Waals surface area contributed by atoms with Crippen LogP contribution in [0, 0.1) is 0 Å². The first-order valence-corrected chi connectivity index (χ1v) is 43.9. The molecule has 0 spiro atoms. The summed E-state index contributed by atoms with van der Waals surface area (Å²) in [5, 5.41) is 30.6. The minimum Gasteiger partial charge on any atom is -0.396 e. The van der Waals surface area contributed by atoms with Crippen molar-refractivity contribution in [1.82, 2.24) is 119 Å². The van der Waals surface area contributed by atoms with Gasteiger partial charge in [0.25, 0.3) is 23.6 Å². The van der Waals surface area contributed by atoms with Gasteiger partial charge in [0, 0.05) is 133 Å². The van der Waals surface area contributed by atoms with E-state index in [0.29, 0.717) is 132 Å². The van der Waals surface area contributed by atoms with Crippen LogP contribution in [0.2, 0.25) is 0 Å². The molecule has 129 heavy (non-hydrogen) atoms. The average Bonchev–Trinajstić information content (AvgIpc) is 1.62. The van der Waals surface area contributed by atoms with Crippen LogP contribution in [0.5, 0.6) is 0 Å². The van der Waals surface area contributed by atoms with E-state index in [1.165, 1.54) is 0 Å². The Hall–Kier alpha value is -13.9. The number of carbonyl (C=O) groups excluding carboxylic acids is 4. The van der Waals surface area contributed by atoms with Gasteiger partial charge in [-0.3, -0.25) is 36.8 Å². The number of benzene rings is 4. The van der Waals surface area contributed by atoms with E-state index >= 15 is 0 Å². The van der Waals surface area contributed by atoms with Crippen molar-refractivity contribution in [3.8, 4) is 0 Å². The summed E-state index contributed by atoms with van der Waals surface area (Å²) >= 11 is 0. The molecule has 2 atom stereocenters. The maximum absolute atomic E-state index is 13.1. The van der Waals surface area contributed by atoms with E-state index in [1.54, 1.807) is 40.6 Å². The molecule has 4 aromatic carbocycles. The Kier molecular flexibility index (Phi) is 24.3. The second kappa shape index (κ2) is 36.4. The molecule has 5 aliphatic heterocycles. The highest BCUT2D eigenvalue weighted by molar-refractivity contribution is 6.16. The number of hydrogen-bond acceptors (Lipinski definition) is 30. The summed E-state index contributed by atoms with van der Waals surface area (Å²) in [4.78, 5) is 128. The highest BCUT2D eigenvalue weighted by Gasteiger charge is 2.34. The number of carbonyl (C=O) groups is 4. The number of anilines is 8. The molecule has 0 saturated carbocycles. The van der Waals surface area contributed by atoms with Crippen molar-refractivity contribution in [2.75, 3.05) is 222 Å². The zero-order chi connectivity index (χ0) is 89.6. The molecule has 5 aliphatic rings. The van der Waals surface area contributed by atoms with Crippen molar-refractivity contribution in [2.24, 2.45) is 0 Å². The van der Waals surface area contributed by atoms with Crippen LogP contribution < -0.4 is 67.5 Å². The van der Waals surface area contributed by atoms with Gasteiger partial charge >= 0.3 is 0 Å². The first kappa shape index (κ1) is 85.9. The van der Waals surface area contributed by atoms with Gasteiger partial charge in [-0.1, -0.05) is 48.5 Å². The average molecular weight is 1750 g/mol. The number of aliphatic hydroxyl groups is 1. The summed E-state index contributed by atoms with van der Waals surface area (Å²) in [6.07, 6.45) is 10.4. The third-order valence-electron chi connectivity index (χ3n) is 24.6. The molecule has 4 amide bonds. The highest BCUT2D eigenvalue weighted by atomic mass is 16.5. The van der Waals surface area contributed by atoms with E-state index < -0.39 is 0 Å². The predicted octanol–water partition coefficient (Wildman–Crippen LogP) is 6.64. The van der Waals surface area contributed by atoms with Gasteiger partial charge in [-0.05, 0) is 122 Å². The van der Waals surface area contributed by atoms with Gasteiger partial charge in [-0.25, -0.2) is 59.8 Å². The standard InChI is InChI=1S/C24H28N8O2.C23H28N8O2.C23H28N8O.C21H24N8O/c1-25-24(33)19-20(27-15-13-34-14-15)21-23(32-17-7-4-3-6-16(17)28-22(19)32)29-18(12-26-21)31-9-5-8-30(2)10-11-31;1-13-11-30(12-14(2)27-13)17-10-26-20-19(25-8-9-32)18(23(33)24-3)21-28-15-6-4-5-7-16(15)31(21)22(20)29-17;1-24-23(32)18-20(28(2)3)19-22(31-16-9-6-5-8-15(16)26-21(18)31)27-17(14-25-19)30-11-7-10-29(4)12-13-30;1-23-21(30)16-17(22)18-20(29-14-7-4-3-6-13(14)25-19(16)29)26-15(12-24-18)28-9-5-8-27(2)10-11-28/h3-4,6-7,12,15,27H,5,8-11,13-14H2,1-2H3,(H,25,33);4-7,10,13-14,25,27,32H,8-9,11-12H2,1-3H3,(H,24,33);5-6,8-9,14H,7,10-13H2,1-4H3,(H,24,32);3-4,6-7,12H,5,8-11,22H2,1-2H3,(H,23,30)/t;13-,14+;;. The van der Waals surface area contributed by atoms with E-state index in [9.17, 15) is 24.3 Å². The van der Waals surface area contributed by atoms with Crippen molar-refractivity contribution in [3.05, 3.63) is 144 Å². The number of nitrogens with one attached hydrogen (secondary N) is 7. The molecular formula is C91H108N32O6. The van der Waals surface area contributed by atoms with E-state index in [4.69, 9.17) is 65.3 Å². The van der Waals surface area contributed by atoms with Gasteiger partial charge in [0.15, 0.2) is 45.2 Å². The number of pyridine rings is 4. The number of likely N-dealkylation sites (N-methyl/N-ethyl adjacent to an activating group) is 3. The Morgan fingerprint density at radius 1 is 0.426 bits per heavy atom. The molecule has 5 saturated heterocycles. The summed E-state index contributed by atoms with van der Waals surface area (Å²) in [5.74, 6) is 2.29. The lowest BCUT2D eigenvalue weighted by Crippen LogP contribution is -2.54. The van der Waals surface area contributed by atoms with Gasteiger partial charge in [-0.2, -0.15) is 0 Å². The molecule has 0 unspecified atom stereocenters. The van der Waals surface area contributed by atoms with Gasteiger partial charge in [-0.15, -0.1) is 0 Å². The van der Waals surface area contributed by atoms with E-state index in [1.807, 2.05) is 146 Å². The first-order valence-electron chi connectivity index (χ1n) is 43.9. The third kappa shape index (κ3) is 16.2. The summed E-state index contributed by atoms with van der Waals surface area (Å²) in [5.41, 5.74) is 24.1. The van der Waals surface area contributed by atoms with Crippen molar-refractivity contribution in [1.29, 1.82) is 0 Å². The number of piperazine rings is 1. The number of para-hydroxylation sites is 8. The zero-order valence-corrected chi connectivity index (χ0v) is 74.4. The maximum Gasteiger partial charge on any atom is 0.257 e. The molecule has 38 nitrogen and oxygen atoms in total. The topological polar surface area (TPSA) is 406 Å². The maximum atomic E-state index is 13.1. The molecule has 21 rings (SSSR count). The van der Waals surface area contributed by atoms with Crippen LogP contribution in [-0.4, -0.2) is 320 Å². The fraction of sp³-hybridized carbons (Fsp3) is 0.385. The number of nitrogens with two attached hydrogens (primary N) is 1. The van der Waals surface area contributed by atoms with E-state index in [2.05, 4.69) is 111 Å². The number of ether oxygens (including phenoxy) is 1. The number of fused-ring (bicyclic) bond motifs is 20. The molecule has 0 radical (unpaired) electrons. The lowest BCUT2D eigenvalue weighted by molar-refractivity contribution is 0.0211. The second-order valence-electron chi connectivity index (χ2n) is 33.7. The van der Waals surface area contributed by atoms with Crippen LogP contribution in [0.3, 0.4) is 0 Å². The van der Waals surface area contributed by atoms with Crippen LogP contribution in [0.25, 0.3) is 111 Å². The minimum atomic E-state index is -0.295. The zero-order valence-electron chi connectivity index (χ0n) is 74.4. The van der Waals surface area contributed by atoms with E-state index in [-0.39, 0.29) is 42.8 Å². The second-order valence-corrected chi connectivity index (χ2v) is 33.7. The number of aromatic nitrogens is 16. The van der Waals surface area contributed by atoms with Crippen molar-refractivity contribution in [3.63, 3.8) is 0 Å². The molecule has 38 heteroatoms. The Morgan fingerprint density at radius 2 is 0.767 bits per heavy atom. The van der Waals surface area contributed by atoms with Crippen LogP contribution >= 0.6 is 0 Å². The number of nitrogens with zero attached hydrogens (tertiary/aromatic N) is 24. The summed E-state index contributed by atoms with van der Waals surface area (Å²) in [6.45, 7) is 18.9. The SMILES string of the molecule is CNC(=O)c1c(N(C)C)c2ncc(N3CCCN(C)CC3)nc2n2c1nc1ccccc12.CNC(=O)c1c(N)c2ncc(N3CCCN(C)CC3)nc2n2c1nc1ccccc12.CNC(=O)c1c(NC2COC2)c2ncc(N3CCCN(C)CC3)nc2n2c1nc1ccccc12.CNC(=O)c1c(NCCO)c2ncc(N3C[C@@H](C)N[C@@H](C)C3)nc2n2c1nc1ccccc12. The highest BCUT2D eigenvalue weighted by Crippen LogP contribution is 2.40. The lowest BCUT2D eigenvalue weighted by Gasteiger charge is -2.36. The van der Waals surface area contributed by atoms with Gasteiger partial charge in [0.1, 0.15) is 67.6 Å². The van der Waals surface area contributed by atoms with Crippen LogP contribution in [0.15, 0.2) is 122 Å². The smallest absolute Gasteiger partial charge is 0.257 e. The van der Waals surface area contributed by atoms with Crippen LogP contribution in [0.4, 0.5) is 46.0 Å². The fourth-order valence-electron chi connectivity index (χ4n) is 18.1. The van der Waals surface area contributed by atoms with Gasteiger partial charge in [0.2, 0.25) is 0 Å². The minimum absolute atomic E-state index is 0.0850. The van der Waals surface area contributed by atoms with Gasteiger partial charge < -0.3 is 92.0 Å². The van der Waals surface area contributed by atoms with Crippen molar-refractivity contribution in [2.45, 2.75) is 51.2 Å². The number of nitrogen functional groups attached to an aromatic ring is 1. The Labute approximate surface area is 742 Å². The first-order chi connectivity index (χ1) is 62.7. The molecule has 668 valence electrons. The number of hydrogen-bond donors (Lipinski definition) is 9. The molecular weight excluding hydrogens is 1640 g/mol. The third-order valence-corrected chi connectivity index (χ3v) is 24.6. The molecule has 0 bridgehead atoms. The van der Waals surface area contributed by atoms with E-state index in [0.717, 1.165) is 184 Å². The summed E-state index contributed by atoms with van der Waals surface area (Å²) < 4.78 is 13.1. The van der Waals surface area contributed by atoms with Crippen molar-refractivity contribution < 1.29 is 29.0 Å². The van der Waals surface area contributed by atoms with Gasteiger partial charge in [0.05, 0.1) is 118 Å². The number of amides is 4. The Balaban J connectivity index is 0.000000116. The normalized spacial score (nSPS) is 17.0. The molecule has 16 aromatic rings. The molecule has 5 fully saturated rings.